The number of allylic oxidation sites excluding steroid dienone is 1. The van der Waals surface area contributed by atoms with Gasteiger partial charge in [0.1, 0.15) is 18.0 Å². The summed E-state index contributed by atoms with van der Waals surface area (Å²) >= 11 is 0. The Hall–Kier alpha value is -4.75. The molecule has 45 heavy (non-hydrogen) atoms. The van der Waals surface area contributed by atoms with Gasteiger partial charge in [-0.15, -0.1) is 0 Å². The second-order valence-corrected chi connectivity index (χ2v) is 11.5. The topological polar surface area (TPSA) is 103 Å². The van der Waals surface area contributed by atoms with E-state index < -0.39 is 17.6 Å². The zero-order chi connectivity index (χ0) is 31.7. The van der Waals surface area contributed by atoms with Crippen molar-refractivity contribution in [2.24, 2.45) is 5.92 Å². The number of aryl methyl sites for hydroxylation is 1. The van der Waals surface area contributed by atoms with Crippen LogP contribution in [-0.2, 0) is 12.6 Å². The molecule has 13 heteroatoms. The van der Waals surface area contributed by atoms with Crippen molar-refractivity contribution in [1.82, 2.24) is 29.4 Å². The van der Waals surface area contributed by atoms with Gasteiger partial charge in [-0.1, -0.05) is 25.1 Å². The first kappa shape index (κ1) is 30.3. The van der Waals surface area contributed by atoms with Crippen molar-refractivity contribution in [1.29, 1.82) is 0 Å². The Morgan fingerprint density at radius 2 is 1.82 bits per heavy atom. The fourth-order valence-electron chi connectivity index (χ4n) is 5.35. The second-order valence-electron chi connectivity index (χ2n) is 11.5. The van der Waals surface area contributed by atoms with Gasteiger partial charge in [-0.05, 0) is 68.3 Å². The summed E-state index contributed by atoms with van der Waals surface area (Å²) in [6, 6.07) is 11.5. The van der Waals surface area contributed by atoms with Crippen LogP contribution >= 0.6 is 0 Å². The van der Waals surface area contributed by atoms with E-state index >= 15 is 0 Å². The summed E-state index contributed by atoms with van der Waals surface area (Å²) in [5.41, 5.74) is 6.23. The number of alkyl halides is 3. The highest BCUT2D eigenvalue weighted by molar-refractivity contribution is 6.04. The number of hydrogen-bond donors (Lipinski definition) is 3. The molecule has 6 rings (SSSR count). The zero-order valence-electron chi connectivity index (χ0n) is 25.2. The molecule has 4 aromatic rings. The molecule has 3 N–H and O–H groups in total. The number of imidazole rings is 1. The van der Waals surface area contributed by atoms with E-state index in [1.54, 1.807) is 12.1 Å². The van der Waals surface area contributed by atoms with Gasteiger partial charge in [0.05, 0.1) is 17.0 Å². The van der Waals surface area contributed by atoms with Crippen LogP contribution in [0.25, 0.3) is 11.9 Å². The number of anilines is 4. The van der Waals surface area contributed by atoms with Crippen LogP contribution in [0.2, 0.25) is 0 Å². The number of carbonyl (C=O) groups is 1. The molecule has 1 atom stereocenters. The number of nitrogens with zero attached hydrogens (tertiary/aromatic N) is 6. The van der Waals surface area contributed by atoms with E-state index in [-0.39, 0.29) is 5.56 Å². The number of benzene rings is 2. The smallest absolute Gasteiger partial charge is 0.325 e. The number of likely N-dealkylation sites (N-methyl/N-ethyl adjacent to an activating group) is 1. The highest BCUT2D eigenvalue weighted by Gasteiger charge is 2.31. The molecule has 234 valence electrons. The molecule has 0 saturated carbocycles. The van der Waals surface area contributed by atoms with E-state index in [0.717, 1.165) is 61.7 Å². The Morgan fingerprint density at radius 1 is 1.02 bits per heavy atom. The van der Waals surface area contributed by atoms with Gasteiger partial charge in [0.2, 0.25) is 5.95 Å². The van der Waals surface area contributed by atoms with Gasteiger partial charge >= 0.3 is 6.18 Å². The van der Waals surface area contributed by atoms with Crippen LogP contribution < -0.4 is 16.1 Å². The van der Waals surface area contributed by atoms with Crippen LogP contribution in [0.3, 0.4) is 0 Å². The number of piperazine rings is 1. The third-order valence-corrected chi connectivity index (χ3v) is 7.94. The summed E-state index contributed by atoms with van der Waals surface area (Å²) in [6.07, 6.45) is 1.93. The number of hydrazine groups is 1. The standard InChI is InChI=1S/C32H34F3N9O/c1-20-7-10-27-26(15-20)40-31(44(27)29-18-28(36-19-37-29)41-43-13-11-42(3)12-14-43)39-25-17-24(9-8-21(25)2)38-30(45)22-5-4-6-23(16-22)32(33,34)35/h4-10,16-20H,11-15H2,1-3H3,(H,38,45)(H,39,40)(H,36,37,41). The molecule has 2 aromatic carbocycles. The van der Waals surface area contributed by atoms with Gasteiger partial charge < -0.3 is 21.0 Å². The summed E-state index contributed by atoms with van der Waals surface area (Å²) in [5.74, 6) is 1.51. The maximum atomic E-state index is 13.2. The molecule has 1 unspecified atom stereocenters. The van der Waals surface area contributed by atoms with Crippen LogP contribution in [-0.4, -0.2) is 68.6 Å². The molecule has 1 fully saturated rings. The monoisotopic (exact) mass is 617 g/mol. The summed E-state index contributed by atoms with van der Waals surface area (Å²) < 4.78 is 41.5. The van der Waals surface area contributed by atoms with Gasteiger partial charge in [0.15, 0.2) is 0 Å². The average molecular weight is 618 g/mol. The molecule has 0 radical (unpaired) electrons. The molecular weight excluding hydrogens is 583 g/mol. The van der Waals surface area contributed by atoms with Crippen molar-refractivity contribution in [3.05, 3.63) is 89.0 Å². The van der Waals surface area contributed by atoms with Crippen molar-refractivity contribution < 1.29 is 18.0 Å². The third-order valence-electron chi connectivity index (χ3n) is 7.94. The van der Waals surface area contributed by atoms with Crippen LogP contribution in [0, 0.1) is 12.8 Å². The van der Waals surface area contributed by atoms with Crippen molar-refractivity contribution in [2.75, 3.05) is 49.3 Å². The normalized spacial score (nSPS) is 17.2. The first-order valence-corrected chi connectivity index (χ1v) is 14.7. The number of hydrogen-bond acceptors (Lipinski definition) is 8. The van der Waals surface area contributed by atoms with Crippen LogP contribution in [0.1, 0.15) is 39.8 Å². The lowest BCUT2D eigenvalue weighted by molar-refractivity contribution is -0.137. The lowest BCUT2D eigenvalue weighted by Crippen LogP contribution is -2.47. The van der Waals surface area contributed by atoms with E-state index in [1.807, 2.05) is 23.6 Å². The fraction of sp³-hybridized carbons (Fsp3) is 0.312. The summed E-state index contributed by atoms with van der Waals surface area (Å²) in [7, 11) is 2.10. The van der Waals surface area contributed by atoms with Gasteiger partial charge in [0.25, 0.3) is 5.91 Å². The van der Waals surface area contributed by atoms with E-state index in [9.17, 15) is 18.0 Å². The highest BCUT2D eigenvalue weighted by Crippen LogP contribution is 2.33. The van der Waals surface area contributed by atoms with Crippen molar-refractivity contribution >= 4 is 35.1 Å². The Kier molecular flexibility index (Phi) is 8.30. The maximum absolute atomic E-state index is 13.2. The Bertz CT molecular complexity index is 1740. The molecule has 3 heterocycles. The van der Waals surface area contributed by atoms with Gasteiger partial charge in [-0.3, -0.25) is 9.36 Å². The molecule has 2 aromatic heterocycles. The van der Waals surface area contributed by atoms with Gasteiger partial charge in [-0.25, -0.2) is 20.0 Å². The lowest BCUT2D eigenvalue weighted by Gasteiger charge is -2.32. The molecule has 10 nitrogen and oxygen atoms in total. The van der Waals surface area contributed by atoms with E-state index in [2.05, 4.69) is 62.1 Å². The molecule has 1 amide bonds. The number of aromatic nitrogens is 4. The van der Waals surface area contributed by atoms with E-state index in [1.165, 1.54) is 18.5 Å². The SMILES string of the molecule is Cc1ccc(NC(=O)c2cccc(C(F)(F)F)c2)cc1Nc1nc2c(n1-c1cc(NN3CCN(C)CC3)ncn1)C=CC(C)C2. The number of halogens is 3. The number of nitrogens with one attached hydrogen (secondary N) is 3. The summed E-state index contributed by atoms with van der Waals surface area (Å²) in [5, 5.41) is 8.28. The van der Waals surface area contributed by atoms with Crippen molar-refractivity contribution in [2.45, 2.75) is 26.4 Å². The molecule has 1 saturated heterocycles. The van der Waals surface area contributed by atoms with Gasteiger partial charge in [0, 0.05) is 49.2 Å². The molecule has 2 aliphatic rings. The minimum absolute atomic E-state index is 0.0891. The minimum atomic E-state index is -4.55. The van der Waals surface area contributed by atoms with E-state index in [4.69, 9.17) is 4.98 Å². The first-order chi connectivity index (χ1) is 21.5. The lowest BCUT2D eigenvalue weighted by atomic mass is 9.98. The number of rotatable bonds is 7. The quantitative estimate of drug-likeness (QED) is 0.241. The Balaban J connectivity index is 1.28. The van der Waals surface area contributed by atoms with Crippen LogP contribution in [0.15, 0.2) is 60.9 Å². The molecule has 0 bridgehead atoms. The van der Waals surface area contributed by atoms with Crippen LogP contribution in [0.5, 0.6) is 0 Å². The highest BCUT2D eigenvalue weighted by atomic mass is 19.4. The first-order valence-electron chi connectivity index (χ1n) is 14.7. The summed E-state index contributed by atoms with van der Waals surface area (Å²) in [4.78, 5) is 29.2. The van der Waals surface area contributed by atoms with Gasteiger partial charge in [-0.2, -0.15) is 13.2 Å². The van der Waals surface area contributed by atoms with Crippen LogP contribution in [0.4, 0.5) is 36.3 Å². The zero-order valence-corrected chi connectivity index (χ0v) is 25.2. The number of carbonyl (C=O) groups excluding carboxylic acids is 1. The third kappa shape index (κ3) is 6.84. The van der Waals surface area contributed by atoms with E-state index in [0.29, 0.717) is 34.9 Å². The fourth-order valence-corrected chi connectivity index (χ4v) is 5.35. The maximum Gasteiger partial charge on any atom is 0.416 e. The Morgan fingerprint density at radius 3 is 2.60 bits per heavy atom. The number of amides is 1. The largest absolute Gasteiger partial charge is 0.416 e. The van der Waals surface area contributed by atoms with Crippen molar-refractivity contribution in [3.63, 3.8) is 0 Å². The predicted octanol–water partition coefficient (Wildman–Crippen LogP) is 5.77. The summed E-state index contributed by atoms with van der Waals surface area (Å²) in [6.45, 7) is 7.69. The average Bonchev–Trinajstić information content (AvgIpc) is 3.36. The molecule has 0 spiro atoms. The minimum Gasteiger partial charge on any atom is -0.325 e. The van der Waals surface area contributed by atoms with Crippen molar-refractivity contribution in [3.8, 4) is 5.82 Å². The predicted molar refractivity (Wildman–Crippen MR) is 168 cm³/mol. The second kappa shape index (κ2) is 12.3. The number of fused-ring (bicyclic) bond motifs is 1. The molecule has 1 aliphatic carbocycles. The molecular formula is C32H34F3N9O. The molecule has 1 aliphatic heterocycles. The Labute approximate surface area is 259 Å².